The number of ether oxygens (including phenoxy) is 1. The van der Waals surface area contributed by atoms with Gasteiger partial charge in [-0.3, -0.25) is 4.79 Å². The van der Waals surface area contributed by atoms with Crippen molar-refractivity contribution in [2.45, 2.75) is 33.2 Å². The van der Waals surface area contributed by atoms with Crippen molar-refractivity contribution in [3.05, 3.63) is 29.8 Å². The van der Waals surface area contributed by atoms with Gasteiger partial charge in [0.05, 0.1) is 0 Å². The normalized spacial score (nSPS) is 12.3. The molecular weight excluding hydrogens is 240 g/mol. The van der Waals surface area contributed by atoms with Gasteiger partial charge in [0.15, 0.2) is 6.61 Å². The highest BCUT2D eigenvalue weighted by Gasteiger charge is 2.12. The number of hydrogen-bond acceptors (Lipinski definition) is 3. The summed E-state index contributed by atoms with van der Waals surface area (Å²) in [6, 6.07) is 7.66. The third-order valence-corrected chi connectivity index (χ3v) is 2.77. The van der Waals surface area contributed by atoms with Gasteiger partial charge in [-0.25, -0.2) is 0 Å². The lowest BCUT2D eigenvalue weighted by Gasteiger charge is -2.18. The predicted octanol–water partition coefficient (Wildman–Crippen LogP) is 1.86. The molecule has 1 rings (SSSR count). The molecule has 0 aromatic heterocycles. The van der Waals surface area contributed by atoms with E-state index < -0.39 is 0 Å². The van der Waals surface area contributed by atoms with Crippen molar-refractivity contribution in [1.29, 1.82) is 0 Å². The van der Waals surface area contributed by atoms with E-state index >= 15 is 0 Å². The topological polar surface area (TPSA) is 64.3 Å². The molecule has 0 saturated heterocycles. The molecule has 1 amide bonds. The quantitative estimate of drug-likeness (QED) is 0.790. The number of carbonyl (C=O) groups excluding carboxylic acids is 1. The van der Waals surface area contributed by atoms with E-state index in [1.165, 1.54) is 0 Å². The molecule has 3 N–H and O–H groups in total. The van der Waals surface area contributed by atoms with Crippen LogP contribution in [0.25, 0.3) is 0 Å². The van der Waals surface area contributed by atoms with E-state index in [1.807, 2.05) is 31.2 Å². The Kier molecular flexibility index (Phi) is 6.36. The number of nitrogens with two attached hydrogens (primary N) is 1. The van der Waals surface area contributed by atoms with Crippen LogP contribution >= 0.6 is 0 Å². The van der Waals surface area contributed by atoms with E-state index in [9.17, 15) is 4.79 Å². The summed E-state index contributed by atoms with van der Waals surface area (Å²) >= 11 is 0. The van der Waals surface area contributed by atoms with Crippen molar-refractivity contribution in [1.82, 2.24) is 5.32 Å². The van der Waals surface area contributed by atoms with E-state index in [4.69, 9.17) is 10.5 Å². The second kappa shape index (κ2) is 7.79. The van der Waals surface area contributed by atoms with Crippen molar-refractivity contribution in [3.63, 3.8) is 0 Å². The molecule has 0 aliphatic carbocycles. The highest BCUT2D eigenvalue weighted by molar-refractivity contribution is 5.77. The largest absolute Gasteiger partial charge is 0.484 e. The maximum absolute atomic E-state index is 11.8. The fourth-order valence-electron chi connectivity index (χ4n) is 1.91. The van der Waals surface area contributed by atoms with Gasteiger partial charge in [0, 0.05) is 12.6 Å². The minimum Gasteiger partial charge on any atom is -0.484 e. The zero-order valence-corrected chi connectivity index (χ0v) is 12.0. The summed E-state index contributed by atoms with van der Waals surface area (Å²) in [7, 11) is 0. The summed E-state index contributed by atoms with van der Waals surface area (Å²) in [5.74, 6) is 1.09. The lowest BCUT2D eigenvalue weighted by Crippen LogP contribution is -2.43. The first-order valence-corrected chi connectivity index (χ1v) is 6.70. The minimum atomic E-state index is -0.127. The summed E-state index contributed by atoms with van der Waals surface area (Å²) < 4.78 is 5.45. The van der Waals surface area contributed by atoms with Crippen LogP contribution in [-0.2, 0) is 4.79 Å². The van der Waals surface area contributed by atoms with Gasteiger partial charge in [-0.1, -0.05) is 26.0 Å². The molecule has 1 unspecified atom stereocenters. The second-order valence-corrected chi connectivity index (χ2v) is 5.23. The van der Waals surface area contributed by atoms with Crippen LogP contribution in [0, 0.1) is 12.8 Å². The third-order valence-electron chi connectivity index (χ3n) is 2.77. The van der Waals surface area contributed by atoms with Crippen LogP contribution in [0.5, 0.6) is 5.75 Å². The lowest BCUT2D eigenvalue weighted by atomic mass is 10.0. The molecule has 0 aliphatic rings. The van der Waals surface area contributed by atoms with Crippen LogP contribution in [0.3, 0.4) is 0 Å². The molecule has 106 valence electrons. The highest BCUT2D eigenvalue weighted by Crippen LogP contribution is 2.12. The van der Waals surface area contributed by atoms with Gasteiger partial charge in [0.25, 0.3) is 5.91 Å². The fourth-order valence-corrected chi connectivity index (χ4v) is 1.91. The maximum Gasteiger partial charge on any atom is 0.258 e. The van der Waals surface area contributed by atoms with Gasteiger partial charge in [-0.15, -0.1) is 0 Å². The van der Waals surface area contributed by atoms with Gasteiger partial charge >= 0.3 is 0 Å². The molecule has 0 heterocycles. The molecule has 0 bridgehead atoms. The number of aryl methyl sites for hydroxylation is 1. The fraction of sp³-hybridized carbons (Fsp3) is 0.533. The molecule has 0 spiro atoms. The van der Waals surface area contributed by atoms with Gasteiger partial charge < -0.3 is 15.8 Å². The molecule has 4 nitrogen and oxygen atoms in total. The molecular formula is C15H24N2O2. The van der Waals surface area contributed by atoms with E-state index in [0.29, 0.717) is 18.2 Å². The molecule has 0 fully saturated rings. The zero-order chi connectivity index (χ0) is 14.3. The summed E-state index contributed by atoms with van der Waals surface area (Å²) in [6.45, 7) is 6.68. The summed E-state index contributed by atoms with van der Waals surface area (Å²) in [4.78, 5) is 11.8. The molecule has 1 aromatic rings. The van der Waals surface area contributed by atoms with Crippen molar-refractivity contribution in [2.75, 3.05) is 13.2 Å². The average Bonchev–Trinajstić information content (AvgIpc) is 2.35. The van der Waals surface area contributed by atoms with Gasteiger partial charge in [-0.2, -0.15) is 0 Å². The lowest BCUT2D eigenvalue weighted by molar-refractivity contribution is -0.123. The molecule has 0 aliphatic heterocycles. The number of amides is 1. The monoisotopic (exact) mass is 264 g/mol. The maximum atomic E-state index is 11.8. The Hall–Kier alpha value is -1.55. The van der Waals surface area contributed by atoms with Crippen molar-refractivity contribution in [2.24, 2.45) is 11.7 Å². The number of benzene rings is 1. The Labute approximate surface area is 115 Å². The van der Waals surface area contributed by atoms with Crippen LogP contribution in [0.15, 0.2) is 24.3 Å². The van der Waals surface area contributed by atoms with E-state index in [2.05, 4.69) is 19.2 Å². The predicted molar refractivity (Wildman–Crippen MR) is 77.1 cm³/mol. The Balaban J connectivity index is 2.38. The number of nitrogens with one attached hydrogen (secondary N) is 1. The van der Waals surface area contributed by atoms with Crippen LogP contribution in [0.2, 0.25) is 0 Å². The smallest absolute Gasteiger partial charge is 0.258 e. The minimum absolute atomic E-state index is 0.0219. The van der Waals surface area contributed by atoms with Gasteiger partial charge in [-0.05, 0) is 37.0 Å². The van der Waals surface area contributed by atoms with E-state index in [-0.39, 0.29) is 18.6 Å². The van der Waals surface area contributed by atoms with Crippen molar-refractivity contribution in [3.8, 4) is 5.75 Å². The Morgan fingerprint density at radius 1 is 1.42 bits per heavy atom. The number of rotatable bonds is 7. The molecule has 1 aromatic carbocycles. The van der Waals surface area contributed by atoms with Crippen LogP contribution in [0.1, 0.15) is 25.8 Å². The zero-order valence-electron chi connectivity index (χ0n) is 12.0. The van der Waals surface area contributed by atoms with Crippen LogP contribution in [-0.4, -0.2) is 25.1 Å². The van der Waals surface area contributed by atoms with Crippen LogP contribution in [0.4, 0.5) is 0 Å². The number of hydrogen-bond donors (Lipinski definition) is 2. The first-order valence-electron chi connectivity index (χ1n) is 6.70. The SMILES string of the molecule is Cc1cccc(OCC(=O)NC(CN)CC(C)C)c1. The molecule has 0 saturated carbocycles. The molecule has 4 heteroatoms. The Morgan fingerprint density at radius 3 is 2.74 bits per heavy atom. The van der Waals surface area contributed by atoms with Crippen molar-refractivity contribution < 1.29 is 9.53 Å². The van der Waals surface area contributed by atoms with Gasteiger partial charge in [0.1, 0.15) is 5.75 Å². The molecule has 19 heavy (non-hydrogen) atoms. The summed E-state index contributed by atoms with van der Waals surface area (Å²) in [6.07, 6.45) is 0.882. The van der Waals surface area contributed by atoms with E-state index in [1.54, 1.807) is 0 Å². The highest BCUT2D eigenvalue weighted by atomic mass is 16.5. The number of carbonyl (C=O) groups is 1. The standard InChI is InChI=1S/C15H24N2O2/c1-11(2)7-13(9-16)17-15(18)10-19-14-6-4-5-12(3)8-14/h4-6,8,11,13H,7,9-10,16H2,1-3H3,(H,17,18). The molecule has 0 radical (unpaired) electrons. The Morgan fingerprint density at radius 2 is 2.16 bits per heavy atom. The second-order valence-electron chi connectivity index (χ2n) is 5.23. The third kappa shape index (κ3) is 6.25. The molecule has 1 atom stereocenters. The average molecular weight is 264 g/mol. The Bertz CT molecular complexity index is 405. The van der Waals surface area contributed by atoms with E-state index in [0.717, 1.165) is 12.0 Å². The van der Waals surface area contributed by atoms with Crippen LogP contribution < -0.4 is 15.8 Å². The van der Waals surface area contributed by atoms with Crippen molar-refractivity contribution >= 4 is 5.91 Å². The first kappa shape index (κ1) is 15.5. The first-order chi connectivity index (χ1) is 9.01. The van der Waals surface area contributed by atoms with Gasteiger partial charge in [0.2, 0.25) is 0 Å². The summed E-state index contributed by atoms with van der Waals surface area (Å²) in [5.41, 5.74) is 6.75. The summed E-state index contributed by atoms with van der Waals surface area (Å²) in [5, 5.41) is 2.89.